The third-order valence-electron chi connectivity index (χ3n) is 2.86. The second kappa shape index (κ2) is 9.60. The van der Waals surface area contributed by atoms with E-state index in [1.165, 1.54) is 0 Å². The van der Waals surface area contributed by atoms with Crippen molar-refractivity contribution in [3.63, 3.8) is 0 Å². The monoisotopic (exact) mass is 296 g/mol. The first-order chi connectivity index (χ1) is 9.72. The number of nitriles is 1. The predicted octanol–water partition coefficient (Wildman–Crippen LogP) is 3.09. The first-order valence-corrected chi connectivity index (χ1v) is 7.20. The maximum Gasteiger partial charge on any atom is 0.101 e. The Morgan fingerprint density at radius 2 is 1.75 bits per heavy atom. The molecule has 5 heteroatoms. The molecule has 0 aromatic heterocycles. The van der Waals surface area contributed by atoms with E-state index in [-0.39, 0.29) is 0 Å². The van der Waals surface area contributed by atoms with Crippen LogP contribution in [0.2, 0.25) is 5.02 Å². The fourth-order valence-electron chi connectivity index (χ4n) is 1.80. The van der Waals surface area contributed by atoms with Gasteiger partial charge in [-0.1, -0.05) is 11.6 Å². The number of rotatable bonds is 9. The number of ether oxygens (including phenoxy) is 2. The van der Waals surface area contributed by atoms with Gasteiger partial charge in [0.2, 0.25) is 0 Å². The van der Waals surface area contributed by atoms with Crippen LogP contribution in [-0.4, -0.2) is 39.5 Å². The van der Waals surface area contributed by atoms with Crippen LogP contribution in [0, 0.1) is 11.3 Å². The smallest absolute Gasteiger partial charge is 0.101 e. The van der Waals surface area contributed by atoms with Gasteiger partial charge in [0.1, 0.15) is 6.07 Å². The van der Waals surface area contributed by atoms with Crippen LogP contribution in [0.3, 0.4) is 0 Å². The van der Waals surface area contributed by atoms with Crippen molar-refractivity contribution in [3.05, 3.63) is 28.8 Å². The zero-order valence-corrected chi connectivity index (χ0v) is 12.8. The summed E-state index contributed by atoms with van der Waals surface area (Å²) >= 11 is 6.08. The number of halogens is 1. The minimum absolute atomic E-state index is 0.475. The Hall–Kier alpha value is -1.28. The van der Waals surface area contributed by atoms with Crippen molar-refractivity contribution >= 4 is 17.3 Å². The Kier molecular flexibility index (Phi) is 8.05. The number of benzene rings is 1. The Morgan fingerprint density at radius 3 is 2.20 bits per heavy atom. The zero-order valence-electron chi connectivity index (χ0n) is 12.1. The highest BCUT2D eigenvalue weighted by Gasteiger charge is 2.09. The molecule has 0 unspecified atom stereocenters. The highest BCUT2D eigenvalue weighted by atomic mass is 35.5. The van der Waals surface area contributed by atoms with Crippen LogP contribution in [0.25, 0.3) is 0 Å². The molecule has 0 aliphatic rings. The van der Waals surface area contributed by atoms with Crippen LogP contribution in [0.15, 0.2) is 18.2 Å². The minimum Gasteiger partial charge on any atom is -0.380 e. The second-order valence-corrected chi connectivity index (χ2v) is 4.56. The second-order valence-electron chi connectivity index (χ2n) is 4.16. The average molecular weight is 297 g/mol. The van der Waals surface area contributed by atoms with Crippen LogP contribution < -0.4 is 4.90 Å². The van der Waals surface area contributed by atoms with E-state index < -0.39 is 0 Å². The Labute approximate surface area is 125 Å². The third kappa shape index (κ3) is 5.38. The summed E-state index contributed by atoms with van der Waals surface area (Å²) in [6, 6.07) is 7.53. The van der Waals surface area contributed by atoms with Crippen molar-refractivity contribution in [1.29, 1.82) is 5.26 Å². The maximum absolute atomic E-state index is 8.91. The molecule has 1 aromatic rings. The van der Waals surface area contributed by atoms with Crippen molar-refractivity contribution in [2.75, 3.05) is 44.4 Å². The summed E-state index contributed by atoms with van der Waals surface area (Å²) in [7, 11) is 0. The van der Waals surface area contributed by atoms with Crippen molar-refractivity contribution < 1.29 is 9.47 Å². The lowest BCUT2D eigenvalue weighted by Crippen LogP contribution is -2.31. The molecule has 0 N–H and O–H groups in total. The molecule has 1 aromatic carbocycles. The van der Waals surface area contributed by atoms with Gasteiger partial charge < -0.3 is 14.4 Å². The van der Waals surface area contributed by atoms with Gasteiger partial charge in [-0.05, 0) is 32.0 Å². The van der Waals surface area contributed by atoms with E-state index in [0.717, 1.165) is 18.8 Å². The molecule has 1 rings (SSSR count). The van der Waals surface area contributed by atoms with Crippen molar-refractivity contribution in [3.8, 4) is 6.07 Å². The largest absolute Gasteiger partial charge is 0.380 e. The standard InChI is InChI=1S/C15H21ClN2O2/c1-3-19-9-7-18(8-10-20-4-2)14-6-5-13(12-17)15(16)11-14/h5-6,11H,3-4,7-10H2,1-2H3. The van der Waals surface area contributed by atoms with Gasteiger partial charge in [-0.2, -0.15) is 5.26 Å². The van der Waals surface area contributed by atoms with E-state index in [0.29, 0.717) is 37.0 Å². The lowest BCUT2D eigenvalue weighted by molar-refractivity contribution is 0.141. The summed E-state index contributed by atoms with van der Waals surface area (Å²) in [4.78, 5) is 2.15. The van der Waals surface area contributed by atoms with E-state index in [1.54, 1.807) is 6.07 Å². The van der Waals surface area contributed by atoms with Gasteiger partial charge in [-0.15, -0.1) is 0 Å². The summed E-state index contributed by atoms with van der Waals surface area (Å²) in [5, 5.41) is 9.38. The normalized spacial score (nSPS) is 10.3. The number of hydrogen-bond acceptors (Lipinski definition) is 4. The molecule has 110 valence electrons. The topological polar surface area (TPSA) is 45.5 Å². The Bertz CT molecular complexity index is 436. The fraction of sp³-hybridized carbons (Fsp3) is 0.533. The highest BCUT2D eigenvalue weighted by Crippen LogP contribution is 2.23. The Morgan fingerprint density at radius 1 is 1.15 bits per heavy atom. The summed E-state index contributed by atoms with van der Waals surface area (Å²) < 4.78 is 10.8. The number of hydrogen-bond donors (Lipinski definition) is 0. The van der Waals surface area contributed by atoms with Crippen LogP contribution in [-0.2, 0) is 9.47 Å². The van der Waals surface area contributed by atoms with Gasteiger partial charge in [0.05, 0.1) is 23.8 Å². The molecule has 4 nitrogen and oxygen atoms in total. The lowest BCUT2D eigenvalue weighted by atomic mass is 10.2. The fourth-order valence-corrected chi connectivity index (χ4v) is 2.02. The van der Waals surface area contributed by atoms with E-state index in [1.807, 2.05) is 26.0 Å². The van der Waals surface area contributed by atoms with Crippen molar-refractivity contribution in [1.82, 2.24) is 0 Å². The molecule has 0 spiro atoms. The van der Waals surface area contributed by atoms with E-state index in [4.69, 9.17) is 26.3 Å². The molecule has 0 amide bonds. The summed E-state index contributed by atoms with van der Waals surface area (Å²) in [5.74, 6) is 0. The van der Waals surface area contributed by atoms with Gasteiger partial charge in [0.25, 0.3) is 0 Å². The molecular formula is C15H21ClN2O2. The number of anilines is 1. The van der Waals surface area contributed by atoms with Gasteiger partial charge >= 0.3 is 0 Å². The summed E-state index contributed by atoms with van der Waals surface area (Å²) in [6.45, 7) is 8.19. The molecule has 0 atom stereocenters. The lowest BCUT2D eigenvalue weighted by Gasteiger charge is -2.25. The molecular weight excluding hydrogens is 276 g/mol. The molecule has 0 saturated carbocycles. The quantitative estimate of drug-likeness (QED) is 0.657. The third-order valence-corrected chi connectivity index (χ3v) is 3.17. The Balaban J connectivity index is 2.74. The van der Waals surface area contributed by atoms with E-state index in [2.05, 4.69) is 11.0 Å². The predicted molar refractivity (Wildman–Crippen MR) is 81.4 cm³/mol. The summed E-state index contributed by atoms with van der Waals surface area (Å²) in [6.07, 6.45) is 0. The molecule has 0 radical (unpaired) electrons. The van der Waals surface area contributed by atoms with E-state index in [9.17, 15) is 0 Å². The minimum atomic E-state index is 0.475. The van der Waals surface area contributed by atoms with Crippen LogP contribution in [0.1, 0.15) is 19.4 Å². The molecule has 0 heterocycles. The average Bonchev–Trinajstić information content (AvgIpc) is 2.46. The maximum atomic E-state index is 8.91. The summed E-state index contributed by atoms with van der Waals surface area (Å²) in [5.41, 5.74) is 1.47. The molecule has 20 heavy (non-hydrogen) atoms. The molecule has 0 saturated heterocycles. The first-order valence-electron chi connectivity index (χ1n) is 6.83. The molecule has 0 aliphatic heterocycles. The van der Waals surface area contributed by atoms with Crippen LogP contribution in [0.4, 0.5) is 5.69 Å². The van der Waals surface area contributed by atoms with Gasteiger partial charge in [-0.3, -0.25) is 0 Å². The van der Waals surface area contributed by atoms with Crippen LogP contribution in [0.5, 0.6) is 0 Å². The van der Waals surface area contributed by atoms with Crippen LogP contribution >= 0.6 is 11.6 Å². The SMILES string of the molecule is CCOCCN(CCOCC)c1ccc(C#N)c(Cl)c1. The van der Waals surface area contributed by atoms with Gasteiger partial charge in [-0.25, -0.2) is 0 Å². The zero-order chi connectivity index (χ0) is 14.8. The molecule has 0 bridgehead atoms. The first kappa shape index (κ1) is 16.8. The van der Waals surface area contributed by atoms with Crippen molar-refractivity contribution in [2.45, 2.75) is 13.8 Å². The molecule has 0 fully saturated rings. The van der Waals surface area contributed by atoms with E-state index >= 15 is 0 Å². The highest BCUT2D eigenvalue weighted by molar-refractivity contribution is 6.32. The van der Waals surface area contributed by atoms with Crippen molar-refractivity contribution in [2.24, 2.45) is 0 Å². The van der Waals surface area contributed by atoms with Gasteiger partial charge in [0, 0.05) is 32.0 Å². The molecule has 0 aliphatic carbocycles. The van der Waals surface area contributed by atoms with Gasteiger partial charge in [0.15, 0.2) is 0 Å². The number of nitrogens with zero attached hydrogens (tertiary/aromatic N) is 2.